The van der Waals surface area contributed by atoms with Crippen molar-refractivity contribution in [3.63, 3.8) is 0 Å². The molecule has 7 nitrogen and oxygen atoms in total. The molecule has 8 heteroatoms. The Morgan fingerprint density at radius 2 is 2.03 bits per heavy atom. The van der Waals surface area contributed by atoms with E-state index in [1.165, 1.54) is 27.2 Å². The first-order chi connectivity index (χ1) is 14.9. The topological polar surface area (TPSA) is 102 Å². The van der Waals surface area contributed by atoms with Crippen LogP contribution in [0, 0.1) is 23.7 Å². The lowest BCUT2D eigenvalue weighted by Gasteiger charge is -2.37. The van der Waals surface area contributed by atoms with Crippen LogP contribution in [-0.4, -0.2) is 46.6 Å². The number of hydrogen-bond donors (Lipinski definition) is 2. The molecule has 0 spiro atoms. The normalized spacial score (nSPS) is 34.8. The summed E-state index contributed by atoms with van der Waals surface area (Å²) in [5, 5.41) is 21.6. The maximum atomic E-state index is 13.4. The van der Waals surface area contributed by atoms with Gasteiger partial charge in [0.2, 0.25) is 5.78 Å². The molecule has 7 atom stereocenters. The largest absolute Gasteiger partial charge is 0.469 e. The van der Waals surface area contributed by atoms with Crippen molar-refractivity contribution in [2.75, 3.05) is 7.11 Å². The van der Waals surface area contributed by atoms with Crippen molar-refractivity contribution in [3.05, 3.63) is 46.4 Å². The first-order valence-electron chi connectivity index (χ1n) is 10.8. The smallest absolute Gasteiger partial charge is 0.314 e. The highest BCUT2D eigenvalue weighted by Gasteiger charge is 2.71. The number of rotatable bonds is 6. The molecule has 2 N–H and O–H groups in total. The summed E-state index contributed by atoms with van der Waals surface area (Å²) in [4.78, 5) is 26.3. The van der Waals surface area contributed by atoms with Crippen LogP contribution in [0.2, 0.25) is 0 Å². The van der Waals surface area contributed by atoms with Crippen LogP contribution in [0.3, 0.4) is 0 Å². The minimum Gasteiger partial charge on any atom is -0.469 e. The van der Waals surface area contributed by atoms with E-state index in [-0.39, 0.29) is 5.03 Å². The molecule has 0 bridgehead atoms. The number of hydrogen-bond acceptors (Lipinski definition) is 7. The lowest BCUT2D eigenvalue weighted by molar-refractivity contribution is -0.268. The second-order valence-corrected chi connectivity index (χ2v) is 9.39. The maximum absolute atomic E-state index is 13.4. The van der Waals surface area contributed by atoms with Crippen molar-refractivity contribution in [2.24, 2.45) is 23.7 Å². The molecule has 1 saturated heterocycles. The van der Waals surface area contributed by atoms with Gasteiger partial charge in [-0.25, -0.2) is 0 Å². The van der Waals surface area contributed by atoms with E-state index < -0.39 is 47.0 Å². The number of aliphatic hydroxyl groups is 2. The molecule has 0 aromatic heterocycles. The number of methoxy groups -OCH3 is 1. The van der Waals surface area contributed by atoms with Gasteiger partial charge in [0.05, 0.1) is 24.5 Å². The molecule has 0 aromatic carbocycles. The number of aliphatic hydroxyl groups excluding tert-OH is 1. The van der Waals surface area contributed by atoms with Gasteiger partial charge in [-0.2, -0.15) is 0 Å². The molecular formula is C24H31ClO7. The molecule has 0 unspecified atom stereocenters. The van der Waals surface area contributed by atoms with E-state index in [1.54, 1.807) is 13.0 Å². The Bertz CT molecular complexity index is 931. The molecule has 3 aliphatic rings. The molecule has 1 aliphatic carbocycles. The van der Waals surface area contributed by atoms with Crippen LogP contribution in [-0.2, 0) is 23.8 Å². The van der Waals surface area contributed by atoms with E-state index in [2.05, 4.69) is 13.8 Å². The number of Topliss-reactive ketones (excluding diaryl/α,β-unsaturated/α-hetero) is 1. The van der Waals surface area contributed by atoms with Crippen LogP contribution < -0.4 is 0 Å². The zero-order valence-electron chi connectivity index (χ0n) is 19.2. The number of carbonyl (C=O) groups excluding carboxylic acids is 2. The highest BCUT2D eigenvalue weighted by atomic mass is 35.5. The van der Waals surface area contributed by atoms with Crippen LogP contribution in [0.5, 0.6) is 0 Å². The van der Waals surface area contributed by atoms with Gasteiger partial charge in [-0.05, 0) is 31.9 Å². The lowest BCUT2D eigenvalue weighted by Crippen LogP contribution is -2.50. The molecule has 2 aliphatic heterocycles. The number of ketones is 1. The molecule has 0 saturated carbocycles. The summed E-state index contributed by atoms with van der Waals surface area (Å²) in [5.74, 6) is -5.75. The highest BCUT2D eigenvalue weighted by molar-refractivity contribution is 6.45. The van der Waals surface area contributed by atoms with E-state index in [4.69, 9.17) is 25.8 Å². The molecule has 176 valence electrons. The molecule has 3 rings (SSSR count). The highest BCUT2D eigenvalue weighted by Crippen LogP contribution is 2.58. The predicted octanol–water partition coefficient (Wildman–Crippen LogP) is 3.36. The fraction of sp³-hybridized carbons (Fsp3) is 0.583. The summed E-state index contributed by atoms with van der Waals surface area (Å²) in [7, 11) is 1.20. The van der Waals surface area contributed by atoms with Gasteiger partial charge >= 0.3 is 5.97 Å². The number of fused-ring (bicyclic) bond motifs is 3. The van der Waals surface area contributed by atoms with E-state index in [1.807, 2.05) is 12.2 Å². The Balaban J connectivity index is 2.13. The number of esters is 1. The Kier molecular flexibility index (Phi) is 6.78. The fourth-order valence-corrected chi connectivity index (χ4v) is 4.90. The number of halogens is 1. The Morgan fingerprint density at radius 3 is 2.59 bits per heavy atom. The first-order valence-corrected chi connectivity index (χ1v) is 11.2. The molecule has 0 amide bonds. The minimum atomic E-state index is -2.16. The van der Waals surface area contributed by atoms with E-state index in [0.717, 1.165) is 6.42 Å². The second-order valence-electron chi connectivity index (χ2n) is 9.01. The Morgan fingerprint density at radius 1 is 1.38 bits per heavy atom. The van der Waals surface area contributed by atoms with Gasteiger partial charge in [-0.1, -0.05) is 44.9 Å². The van der Waals surface area contributed by atoms with Gasteiger partial charge in [-0.15, -0.1) is 0 Å². The number of carbonyl (C=O) groups is 2. The van der Waals surface area contributed by atoms with Crippen molar-refractivity contribution < 1.29 is 34.0 Å². The maximum Gasteiger partial charge on any atom is 0.314 e. The van der Waals surface area contributed by atoms with E-state index in [0.29, 0.717) is 22.8 Å². The number of allylic oxidation sites excluding steroid dienone is 4. The van der Waals surface area contributed by atoms with E-state index in [9.17, 15) is 19.8 Å². The molecule has 32 heavy (non-hydrogen) atoms. The Labute approximate surface area is 193 Å². The standard InChI is InChI=1S/C24H31ClO7/c1-7-12(2)8-9-15-10-16-17(11-31-15)18-19(22(28)30-6)24(29,13(3)14(4)26)32-23(18,5)21(27)20(16)25/h8-14,18-19,26,29H,7H2,1-6H3/b9-8+/t12-,13+,14+,18+,19-,23-,24+/m0/s1. The minimum absolute atomic E-state index is 0.0645. The summed E-state index contributed by atoms with van der Waals surface area (Å²) in [5.41, 5.74) is -0.771. The SMILES string of the molecule is CC[C@H](C)/C=C/C1=CC2=C(Cl)C(=O)[C@@]3(C)O[C@](O)([C@H](C)[C@@H](C)O)[C@H](C(=O)OC)[C@H]3C2=CO1. The monoisotopic (exact) mass is 466 g/mol. The third-order valence-electron chi connectivity index (χ3n) is 6.95. The average Bonchev–Trinajstić information content (AvgIpc) is 3.03. The lowest BCUT2D eigenvalue weighted by atomic mass is 9.66. The third-order valence-corrected chi connectivity index (χ3v) is 7.33. The van der Waals surface area contributed by atoms with Gasteiger partial charge in [0, 0.05) is 23.0 Å². The summed E-state index contributed by atoms with van der Waals surface area (Å²) in [6.07, 6.45) is 6.84. The van der Waals surface area contributed by atoms with Gasteiger partial charge in [0.25, 0.3) is 0 Å². The van der Waals surface area contributed by atoms with Crippen LogP contribution in [0.1, 0.15) is 41.0 Å². The first kappa shape index (κ1) is 24.7. The van der Waals surface area contributed by atoms with Gasteiger partial charge in [0.15, 0.2) is 5.79 Å². The molecule has 0 aromatic rings. The van der Waals surface area contributed by atoms with Crippen molar-refractivity contribution in [3.8, 4) is 0 Å². The third kappa shape index (κ3) is 3.75. The predicted molar refractivity (Wildman–Crippen MR) is 118 cm³/mol. The summed E-state index contributed by atoms with van der Waals surface area (Å²) < 4.78 is 16.7. The van der Waals surface area contributed by atoms with Crippen molar-refractivity contribution in [2.45, 2.75) is 58.5 Å². The summed E-state index contributed by atoms with van der Waals surface area (Å²) in [6.45, 7) is 8.66. The van der Waals surface area contributed by atoms with Gasteiger partial charge in [-0.3, -0.25) is 9.59 Å². The molecule has 2 heterocycles. The van der Waals surface area contributed by atoms with Gasteiger partial charge in [0.1, 0.15) is 17.3 Å². The average molecular weight is 467 g/mol. The van der Waals surface area contributed by atoms with E-state index >= 15 is 0 Å². The Hall–Kier alpha value is -1.93. The second kappa shape index (κ2) is 8.78. The quantitative estimate of drug-likeness (QED) is 0.578. The van der Waals surface area contributed by atoms with Crippen LogP contribution in [0.15, 0.2) is 46.4 Å². The van der Waals surface area contributed by atoms with Crippen molar-refractivity contribution in [1.82, 2.24) is 0 Å². The zero-order chi connectivity index (χ0) is 24.0. The fourth-order valence-electron chi connectivity index (χ4n) is 4.55. The van der Waals surface area contributed by atoms with Gasteiger partial charge < -0.3 is 24.4 Å². The van der Waals surface area contributed by atoms with Crippen LogP contribution in [0.25, 0.3) is 0 Å². The zero-order valence-corrected chi connectivity index (χ0v) is 20.0. The van der Waals surface area contributed by atoms with Crippen LogP contribution >= 0.6 is 11.6 Å². The van der Waals surface area contributed by atoms with Crippen molar-refractivity contribution >= 4 is 23.4 Å². The summed E-state index contributed by atoms with van der Waals surface area (Å²) >= 11 is 6.49. The summed E-state index contributed by atoms with van der Waals surface area (Å²) in [6, 6.07) is 0. The van der Waals surface area contributed by atoms with Crippen LogP contribution in [0.4, 0.5) is 0 Å². The molecule has 1 fully saturated rings. The molecular weight excluding hydrogens is 436 g/mol. The molecule has 0 radical (unpaired) electrons. The van der Waals surface area contributed by atoms with Crippen molar-refractivity contribution in [1.29, 1.82) is 0 Å². The number of ether oxygens (including phenoxy) is 3.